The molecule has 0 aromatic carbocycles. The number of rotatable bonds is 5. The van der Waals surface area contributed by atoms with Crippen LogP contribution < -0.4 is 16.6 Å². The molecular formula is C14H25N5O. The Morgan fingerprint density at radius 1 is 1.15 bits per heavy atom. The fourth-order valence-electron chi connectivity index (χ4n) is 2.65. The molecule has 0 aliphatic heterocycles. The third-order valence-corrected chi connectivity index (χ3v) is 3.65. The van der Waals surface area contributed by atoms with E-state index in [9.17, 15) is 0 Å². The number of hydrogen-bond donors (Lipinski definition) is 3. The molecule has 1 aromatic heterocycles. The van der Waals surface area contributed by atoms with Crippen molar-refractivity contribution in [2.45, 2.75) is 57.6 Å². The lowest BCUT2D eigenvalue weighted by molar-refractivity contribution is 0.178. The summed E-state index contributed by atoms with van der Waals surface area (Å²) in [4.78, 5) is 8.73. The minimum atomic E-state index is 0.384. The summed E-state index contributed by atoms with van der Waals surface area (Å²) < 4.78 is 5.09. The maximum Gasteiger partial charge on any atom is 0.158 e. The summed E-state index contributed by atoms with van der Waals surface area (Å²) in [6.45, 7) is 0.384. The summed E-state index contributed by atoms with van der Waals surface area (Å²) in [5.41, 5.74) is 2.58. The second-order valence-corrected chi connectivity index (χ2v) is 5.32. The van der Waals surface area contributed by atoms with Crippen LogP contribution >= 0.6 is 0 Å². The number of nitrogen functional groups attached to an aromatic ring is 1. The average molecular weight is 279 g/mol. The van der Waals surface area contributed by atoms with Gasteiger partial charge in [0.1, 0.15) is 18.2 Å². The van der Waals surface area contributed by atoms with E-state index < -0.39 is 0 Å². The van der Waals surface area contributed by atoms with Crippen molar-refractivity contribution in [1.29, 1.82) is 0 Å². The highest BCUT2D eigenvalue weighted by atomic mass is 16.5. The van der Waals surface area contributed by atoms with Crippen LogP contribution in [0, 0.1) is 0 Å². The van der Waals surface area contributed by atoms with Crippen molar-refractivity contribution in [2.75, 3.05) is 17.9 Å². The summed E-state index contributed by atoms with van der Waals surface area (Å²) in [5, 5.41) is 3.52. The van der Waals surface area contributed by atoms with Crippen LogP contribution in [0.25, 0.3) is 0 Å². The molecule has 0 atom stereocenters. The van der Waals surface area contributed by atoms with Crippen molar-refractivity contribution in [3.8, 4) is 0 Å². The van der Waals surface area contributed by atoms with Crippen molar-refractivity contribution in [2.24, 2.45) is 5.84 Å². The van der Waals surface area contributed by atoms with Gasteiger partial charge in [0.25, 0.3) is 0 Å². The van der Waals surface area contributed by atoms with E-state index in [0.717, 1.165) is 5.82 Å². The third kappa shape index (κ3) is 4.61. The zero-order chi connectivity index (χ0) is 14.2. The van der Waals surface area contributed by atoms with Gasteiger partial charge in [0.15, 0.2) is 5.82 Å². The molecule has 0 radical (unpaired) electrons. The topological polar surface area (TPSA) is 85.1 Å². The Bertz CT molecular complexity index is 405. The molecule has 1 aliphatic rings. The Kier molecular flexibility index (Phi) is 6.01. The number of aromatic nitrogens is 2. The molecular weight excluding hydrogens is 254 g/mol. The van der Waals surface area contributed by atoms with Crippen molar-refractivity contribution in [3.63, 3.8) is 0 Å². The van der Waals surface area contributed by atoms with Crippen molar-refractivity contribution in [1.82, 2.24) is 9.97 Å². The lowest BCUT2D eigenvalue weighted by Gasteiger charge is -2.22. The number of hydrogen-bond acceptors (Lipinski definition) is 6. The van der Waals surface area contributed by atoms with Crippen molar-refractivity contribution in [3.05, 3.63) is 11.9 Å². The molecule has 6 heteroatoms. The first-order valence-corrected chi connectivity index (χ1v) is 7.42. The number of nitrogens with zero attached hydrogens (tertiary/aromatic N) is 2. The SMILES string of the molecule is COCc1nc(NN)cc(NC2CCCCCCC2)n1. The van der Waals surface area contributed by atoms with E-state index in [1.54, 1.807) is 7.11 Å². The number of nitrogens with two attached hydrogens (primary N) is 1. The van der Waals surface area contributed by atoms with E-state index in [1.807, 2.05) is 6.07 Å². The fourth-order valence-corrected chi connectivity index (χ4v) is 2.65. The van der Waals surface area contributed by atoms with Gasteiger partial charge in [-0.05, 0) is 12.8 Å². The first-order valence-electron chi connectivity index (χ1n) is 7.42. The Balaban J connectivity index is 2.04. The summed E-state index contributed by atoms with van der Waals surface area (Å²) in [6.07, 6.45) is 9.04. The standard InChI is InChI=1S/C14H25N5O/c1-20-10-14-17-12(9-13(18-14)19-15)16-11-7-5-3-2-4-6-8-11/h9,11H,2-8,10,15H2,1H3,(H2,16,17,18,19). The normalized spacial score (nSPS) is 17.3. The van der Waals surface area contributed by atoms with Crippen LogP contribution in [0.2, 0.25) is 0 Å². The maximum absolute atomic E-state index is 5.45. The Labute approximate surface area is 120 Å². The molecule has 1 fully saturated rings. The van der Waals surface area contributed by atoms with Crippen molar-refractivity contribution >= 4 is 11.6 Å². The second kappa shape index (κ2) is 8.01. The molecule has 1 heterocycles. The highest BCUT2D eigenvalue weighted by Crippen LogP contribution is 2.21. The summed E-state index contributed by atoms with van der Waals surface area (Å²) in [6, 6.07) is 2.34. The predicted molar refractivity (Wildman–Crippen MR) is 80.3 cm³/mol. The summed E-state index contributed by atoms with van der Waals surface area (Å²) in [7, 11) is 1.63. The molecule has 0 saturated heterocycles. The van der Waals surface area contributed by atoms with E-state index >= 15 is 0 Å². The van der Waals surface area contributed by atoms with Crippen LogP contribution in [0.3, 0.4) is 0 Å². The highest BCUT2D eigenvalue weighted by Gasteiger charge is 2.13. The zero-order valence-electron chi connectivity index (χ0n) is 12.2. The van der Waals surface area contributed by atoms with E-state index in [2.05, 4.69) is 20.7 Å². The van der Waals surface area contributed by atoms with Gasteiger partial charge in [0.2, 0.25) is 0 Å². The van der Waals surface area contributed by atoms with Gasteiger partial charge in [-0.2, -0.15) is 0 Å². The lowest BCUT2D eigenvalue weighted by atomic mass is 9.97. The molecule has 4 N–H and O–H groups in total. The molecule has 1 aliphatic carbocycles. The van der Waals surface area contributed by atoms with Crippen LogP contribution in [0.15, 0.2) is 6.07 Å². The van der Waals surface area contributed by atoms with Crippen LogP contribution in [0.4, 0.5) is 11.6 Å². The van der Waals surface area contributed by atoms with Gasteiger partial charge in [0.05, 0.1) is 0 Å². The maximum atomic E-state index is 5.45. The first kappa shape index (κ1) is 15.0. The number of ether oxygens (including phenoxy) is 1. The minimum Gasteiger partial charge on any atom is -0.377 e. The van der Waals surface area contributed by atoms with Gasteiger partial charge in [-0.25, -0.2) is 15.8 Å². The zero-order valence-corrected chi connectivity index (χ0v) is 12.2. The van der Waals surface area contributed by atoms with Crippen molar-refractivity contribution < 1.29 is 4.74 Å². The molecule has 1 aromatic rings. The van der Waals surface area contributed by atoms with Gasteiger partial charge in [0, 0.05) is 19.2 Å². The lowest BCUT2D eigenvalue weighted by Crippen LogP contribution is -2.22. The van der Waals surface area contributed by atoms with Crippen LogP contribution in [-0.4, -0.2) is 23.1 Å². The second-order valence-electron chi connectivity index (χ2n) is 5.32. The molecule has 0 amide bonds. The molecule has 0 unspecified atom stereocenters. The van der Waals surface area contributed by atoms with Gasteiger partial charge in [-0.1, -0.05) is 32.1 Å². The smallest absolute Gasteiger partial charge is 0.158 e. The quantitative estimate of drug-likeness (QED) is 0.567. The van der Waals surface area contributed by atoms with Gasteiger partial charge in [-0.3, -0.25) is 0 Å². The van der Waals surface area contributed by atoms with Crippen LogP contribution in [0.1, 0.15) is 50.8 Å². The highest BCUT2D eigenvalue weighted by molar-refractivity contribution is 5.47. The first-order chi connectivity index (χ1) is 9.81. The van der Waals surface area contributed by atoms with Crippen LogP contribution in [-0.2, 0) is 11.3 Å². The monoisotopic (exact) mass is 279 g/mol. The molecule has 20 heavy (non-hydrogen) atoms. The van der Waals surface area contributed by atoms with E-state index in [4.69, 9.17) is 10.6 Å². The fraction of sp³-hybridized carbons (Fsp3) is 0.714. The number of hydrazine groups is 1. The summed E-state index contributed by atoms with van der Waals surface area (Å²) in [5.74, 6) is 7.53. The van der Waals surface area contributed by atoms with E-state index in [-0.39, 0.29) is 0 Å². The number of nitrogens with one attached hydrogen (secondary N) is 2. The number of methoxy groups -OCH3 is 1. The summed E-state index contributed by atoms with van der Waals surface area (Å²) >= 11 is 0. The van der Waals surface area contributed by atoms with Gasteiger partial charge < -0.3 is 15.5 Å². The molecule has 1 saturated carbocycles. The van der Waals surface area contributed by atoms with E-state index in [1.165, 1.54) is 44.9 Å². The Morgan fingerprint density at radius 2 is 1.80 bits per heavy atom. The molecule has 0 spiro atoms. The van der Waals surface area contributed by atoms with Crippen LogP contribution in [0.5, 0.6) is 0 Å². The largest absolute Gasteiger partial charge is 0.377 e. The predicted octanol–water partition coefficient (Wildman–Crippen LogP) is 2.43. The Hall–Kier alpha value is -1.40. The minimum absolute atomic E-state index is 0.384. The molecule has 2 rings (SSSR count). The Morgan fingerprint density at radius 3 is 2.45 bits per heavy atom. The molecule has 112 valence electrons. The van der Waals surface area contributed by atoms with Gasteiger partial charge >= 0.3 is 0 Å². The molecule has 0 bridgehead atoms. The third-order valence-electron chi connectivity index (χ3n) is 3.65. The molecule has 6 nitrogen and oxygen atoms in total. The van der Waals surface area contributed by atoms with Gasteiger partial charge in [-0.15, -0.1) is 0 Å². The number of anilines is 2. The average Bonchev–Trinajstić information content (AvgIpc) is 2.42. The van der Waals surface area contributed by atoms with E-state index in [0.29, 0.717) is 24.3 Å².